The van der Waals surface area contributed by atoms with Crippen LogP contribution in [-0.2, 0) is 19.5 Å². The number of hydrogen-bond acceptors (Lipinski definition) is 0. The highest BCUT2D eigenvalue weighted by Crippen LogP contribution is 2.22. The van der Waals surface area contributed by atoms with E-state index in [9.17, 15) is 0 Å². The smallest absolute Gasteiger partial charge is 0.257 e. The first-order valence-corrected chi connectivity index (χ1v) is 12.3. The summed E-state index contributed by atoms with van der Waals surface area (Å²) in [7, 11) is 0. The second kappa shape index (κ2) is 10.1. The second-order valence-corrected chi connectivity index (χ2v) is 9.19. The fourth-order valence-electron chi connectivity index (χ4n) is 5.23. The topological polar surface area (TPSA) is 8.81 Å². The number of rotatable bonds is 6. The van der Waals surface area contributed by atoms with Crippen molar-refractivity contribution in [3.8, 4) is 0 Å². The van der Waals surface area contributed by atoms with E-state index in [1.165, 1.54) is 49.5 Å². The first-order chi connectivity index (χ1) is 16.8. The number of fused-ring (bicyclic) bond motifs is 3. The molecule has 0 bridgehead atoms. The predicted octanol–water partition coefficient (Wildman–Crippen LogP) is 4.29. The van der Waals surface area contributed by atoms with Crippen LogP contribution in [0.15, 0.2) is 109 Å². The lowest BCUT2D eigenvalue weighted by atomic mass is 10.1. The number of imidazole rings is 1. The molecule has 0 aliphatic carbocycles. The molecule has 6 rings (SSSR count). The summed E-state index contributed by atoms with van der Waals surface area (Å²) in [6.45, 7) is 4.04. The number of benzene rings is 5. The van der Waals surface area contributed by atoms with Gasteiger partial charge in [-0.3, -0.25) is 0 Å². The highest BCUT2D eigenvalue weighted by Gasteiger charge is 2.24. The molecule has 0 spiro atoms. The average molecular weight is 522 g/mol. The molecule has 0 atom stereocenters. The van der Waals surface area contributed by atoms with Gasteiger partial charge in [0, 0.05) is 6.42 Å². The highest BCUT2D eigenvalue weighted by molar-refractivity contribution is 5.84. The summed E-state index contributed by atoms with van der Waals surface area (Å²) in [5.41, 5.74) is 5.30. The summed E-state index contributed by atoms with van der Waals surface area (Å²) < 4.78 is 5.06. The van der Waals surface area contributed by atoms with Crippen LogP contribution in [0, 0.1) is 0 Å². The molecule has 1 heterocycles. The zero-order chi connectivity index (χ0) is 22.9. The van der Waals surface area contributed by atoms with Crippen LogP contribution in [0.5, 0.6) is 0 Å². The molecule has 0 radical (unpaired) electrons. The molecule has 35 heavy (non-hydrogen) atoms. The summed E-state index contributed by atoms with van der Waals surface area (Å²) in [6, 6.07) is 39.8. The van der Waals surface area contributed by atoms with Gasteiger partial charge in [0.1, 0.15) is 13.1 Å². The SMILES string of the molecule is CCCc1n(Cc2ccc3ccccc3c2)c2ccccc2[n+]1Cc1ccc2ccccc2c1.[Br-]. The maximum atomic E-state index is 2.53. The zero-order valence-electron chi connectivity index (χ0n) is 20.0. The molecule has 0 N–H and O–H groups in total. The van der Waals surface area contributed by atoms with Crippen molar-refractivity contribution in [2.24, 2.45) is 0 Å². The Morgan fingerprint density at radius 2 is 1.20 bits per heavy atom. The second-order valence-electron chi connectivity index (χ2n) is 9.19. The summed E-state index contributed by atoms with van der Waals surface area (Å²) in [4.78, 5) is 0. The third-order valence-corrected chi connectivity index (χ3v) is 6.87. The Hall–Kier alpha value is -3.43. The van der Waals surface area contributed by atoms with Gasteiger partial charge in [0.15, 0.2) is 11.0 Å². The van der Waals surface area contributed by atoms with Gasteiger partial charge >= 0.3 is 0 Å². The van der Waals surface area contributed by atoms with Crippen molar-refractivity contribution in [3.05, 3.63) is 126 Å². The van der Waals surface area contributed by atoms with Crippen LogP contribution in [0.1, 0.15) is 30.3 Å². The van der Waals surface area contributed by atoms with Crippen molar-refractivity contribution < 1.29 is 21.5 Å². The Morgan fingerprint density at radius 3 is 1.89 bits per heavy atom. The van der Waals surface area contributed by atoms with E-state index < -0.39 is 0 Å². The summed E-state index contributed by atoms with van der Waals surface area (Å²) in [5, 5.41) is 5.20. The lowest BCUT2D eigenvalue weighted by Gasteiger charge is -2.07. The summed E-state index contributed by atoms with van der Waals surface area (Å²) in [5.74, 6) is 1.39. The minimum Gasteiger partial charge on any atom is -1.00 e. The highest BCUT2D eigenvalue weighted by atomic mass is 79.9. The normalized spacial score (nSPS) is 11.2. The lowest BCUT2D eigenvalue weighted by molar-refractivity contribution is -0.671. The van der Waals surface area contributed by atoms with Crippen molar-refractivity contribution in [2.75, 3.05) is 0 Å². The van der Waals surface area contributed by atoms with Crippen molar-refractivity contribution in [2.45, 2.75) is 32.9 Å². The number of para-hydroxylation sites is 2. The molecule has 2 nitrogen and oxygen atoms in total. The summed E-state index contributed by atoms with van der Waals surface area (Å²) >= 11 is 0. The molecule has 0 saturated carbocycles. The van der Waals surface area contributed by atoms with E-state index in [4.69, 9.17) is 0 Å². The van der Waals surface area contributed by atoms with E-state index in [0.29, 0.717) is 0 Å². The fourth-order valence-corrected chi connectivity index (χ4v) is 5.23. The van der Waals surface area contributed by atoms with Gasteiger partial charge in [-0.15, -0.1) is 0 Å². The van der Waals surface area contributed by atoms with Gasteiger partial charge in [0.25, 0.3) is 5.82 Å². The van der Waals surface area contributed by atoms with Crippen molar-refractivity contribution in [1.29, 1.82) is 0 Å². The van der Waals surface area contributed by atoms with Crippen LogP contribution in [0.4, 0.5) is 0 Å². The van der Waals surface area contributed by atoms with Gasteiger partial charge in [-0.1, -0.05) is 91.9 Å². The molecule has 0 saturated heterocycles. The number of halogens is 1. The number of hydrogen-bond donors (Lipinski definition) is 0. The molecular formula is C32H29BrN2. The predicted molar refractivity (Wildman–Crippen MR) is 142 cm³/mol. The molecule has 0 unspecified atom stereocenters. The van der Waals surface area contributed by atoms with Crippen LogP contribution in [-0.4, -0.2) is 4.57 Å². The molecule has 1 aromatic heterocycles. The van der Waals surface area contributed by atoms with E-state index in [1.54, 1.807) is 0 Å². The number of nitrogens with zero attached hydrogens (tertiary/aromatic N) is 2. The first kappa shape index (κ1) is 23.3. The monoisotopic (exact) mass is 520 g/mol. The van der Waals surface area contributed by atoms with Gasteiger partial charge in [-0.05, 0) is 63.4 Å². The van der Waals surface area contributed by atoms with Crippen molar-refractivity contribution >= 4 is 32.6 Å². The van der Waals surface area contributed by atoms with Gasteiger partial charge in [-0.2, -0.15) is 0 Å². The molecule has 3 heteroatoms. The minimum absolute atomic E-state index is 0. The van der Waals surface area contributed by atoms with E-state index in [1.807, 2.05) is 0 Å². The Bertz CT molecular complexity index is 1510. The molecule has 174 valence electrons. The third-order valence-electron chi connectivity index (χ3n) is 6.87. The van der Waals surface area contributed by atoms with Gasteiger partial charge < -0.3 is 17.0 Å². The Balaban J connectivity index is 0.00000253. The largest absolute Gasteiger partial charge is 1.00 e. The average Bonchev–Trinajstić information content (AvgIpc) is 3.16. The molecular weight excluding hydrogens is 492 g/mol. The van der Waals surface area contributed by atoms with E-state index in [2.05, 4.69) is 125 Å². The van der Waals surface area contributed by atoms with Crippen LogP contribution >= 0.6 is 0 Å². The minimum atomic E-state index is 0. The van der Waals surface area contributed by atoms with Crippen molar-refractivity contribution in [3.63, 3.8) is 0 Å². The van der Waals surface area contributed by atoms with E-state index in [0.717, 1.165) is 25.9 Å². The Kier molecular flexibility index (Phi) is 6.70. The maximum absolute atomic E-state index is 2.53. The van der Waals surface area contributed by atoms with Crippen LogP contribution in [0.2, 0.25) is 0 Å². The first-order valence-electron chi connectivity index (χ1n) is 12.3. The third kappa shape index (κ3) is 4.49. The van der Waals surface area contributed by atoms with Gasteiger partial charge in [0.05, 0.1) is 0 Å². The quantitative estimate of drug-likeness (QED) is 0.290. The molecule has 0 aliphatic heterocycles. The summed E-state index contributed by atoms with van der Waals surface area (Å²) in [6.07, 6.45) is 2.17. The Labute approximate surface area is 217 Å². The molecule has 0 fully saturated rings. The van der Waals surface area contributed by atoms with Crippen LogP contribution in [0.25, 0.3) is 32.6 Å². The zero-order valence-corrected chi connectivity index (χ0v) is 21.6. The number of aromatic nitrogens is 2. The Morgan fingerprint density at radius 1 is 0.629 bits per heavy atom. The molecule has 0 aliphatic rings. The molecule has 0 amide bonds. The van der Waals surface area contributed by atoms with Crippen LogP contribution < -0.4 is 21.5 Å². The van der Waals surface area contributed by atoms with Gasteiger partial charge in [0.2, 0.25) is 0 Å². The maximum Gasteiger partial charge on any atom is 0.257 e. The molecule has 6 aromatic rings. The standard InChI is InChI=1S/C32H29N2.BrH/c1-2-9-32-33(22-24-16-18-26-10-3-5-12-28(26)20-24)30-14-7-8-15-31(30)34(32)23-25-17-19-27-11-4-6-13-29(27)21-25;/h3-8,10-21H,2,9,22-23H2,1H3;1H/q+1;/p-1. The van der Waals surface area contributed by atoms with Crippen molar-refractivity contribution in [1.82, 2.24) is 4.57 Å². The van der Waals surface area contributed by atoms with Crippen LogP contribution in [0.3, 0.4) is 0 Å². The van der Waals surface area contributed by atoms with Gasteiger partial charge in [-0.25, -0.2) is 9.13 Å². The molecule has 5 aromatic carbocycles. The van der Waals surface area contributed by atoms with E-state index in [-0.39, 0.29) is 17.0 Å². The fraction of sp³-hybridized carbons (Fsp3) is 0.156. The lowest BCUT2D eigenvalue weighted by Crippen LogP contribution is -3.00. The van der Waals surface area contributed by atoms with E-state index >= 15 is 0 Å².